The molecule has 1 aliphatic rings. The molecule has 13 heteroatoms. The topological polar surface area (TPSA) is 151 Å². The average molecular weight is 530 g/mol. The Labute approximate surface area is 215 Å². The number of likely N-dealkylation sites (tertiary alicyclic amines) is 1. The normalized spacial score (nSPS) is 22.6. The van der Waals surface area contributed by atoms with Gasteiger partial charge in [0.1, 0.15) is 11.4 Å². The molecule has 0 saturated carbocycles. The molecule has 0 radical (unpaired) electrons. The lowest BCUT2D eigenvalue weighted by atomic mass is 9.92. The van der Waals surface area contributed by atoms with Crippen molar-refractivity contribution in [2.24, 2.45) is 14.1 Å². The first-order chi connectivity index (χ1) is 17.5. The maximum Gasteiger partial charge on any atom is 0.332 e. The number of hydrogen-bond donors (Lipinski definition) is 3. The van der Waals surface area contributed by atoms with E-state index in [-0.39, 0.29) is 43.0 Å². The smallest absolute Gasteiger partial charge is 0.332 e. The predicted octanol–water partition coefficient (Wildman–Crippen LogP) is 0.481. The van der Waals surface area contributed by atoms with Crippen molar-refractivity contribution >= 4 is 39.7 Å². The van der Waals surface area contributed by atoms with Crippen molar-refractivity contribution in [3.05, 3.63) is 56.2 Å². The molecule has 1 aromatic carbocycles. The molecule has 1 saturated heterocycles. The summed E-state index contributed by atoms with van der Waals surface area (Å²) in [6.45, 7) is 1.54. The first-order valence-electron chi connectivity index (χ1n) is 11.9. The molecule has 5 rings (SSSR count). The van der Waals surface area contributed by atoms with Gasteiger partial charge in [-0.05, 0) is 31.5 Å². The summed E-state index contributed by atoms with van der Waals surface area (Å²) >= 11 is 6.03. The summed E-state index contributed by atoms with van der Waals surface area (Å²) in [5, 5.41) is 22.9. The van der Waals surface area contributed by atoms with Gasteiger partial charge in [-0.1, -0.05) is 11.6 Å². The SMILES string of the molecule is Cn1c(=O)c2c(ncn2[C@@H]2C[C@@H](O)CN(C(=O)CCc3nc4ccc(Cl)cc4[nH]3)C[C@@]2(C)O)n(C)c1=O. The van der Waals surface area contributed by atoms with Crippen LogP contribution in [0.3, 0.4) is 0 Å². The number of carbonyl (C=O) groups excluding carboxylic acids is 1. The monoisotopic (exact) mass is 529 g/mol. The van der Waals surface area contributed by atoms with Gasteiger partial charge < -0.3 is 24.7 Å². The summed E-state index contributed by atoms with van der Waals surface area (Å²) in [5.41, 5.74) is -0.711. The number of carbonyl (C=O) groups is 1. The van der Waals surface area contributed by atoms with Crippen LogP contribution in [0.1, 0.15) is 31.6 Å². The van der Waals surface area contributed by atoms with Crippen LogP contribution in [0.5, 0.6) is 0 Å². The Kier molecular flexibility index (Phi) is 6.21. The van der Waals surface area contributed by atoms with E-state index in [1.165, 1.54) is 34.5 Å². The summed E-state index contributed by atoms with van der Waals surface area (Å²) in [6, 6.07) is 4.54. The minimum Gasteiger partial charge on any atom is -0.391 e. The first kappa shape index (κ1) is 25.2. The van der Waals surface area contributed by atoms with Crippen LogP contribution < -0.4 is 11.2 Å². The van der Waals surface area contributed by atoms with Crippen LogP contribution in [-0.2, 0) is 25.3 Å². The fraction of sp³-hybridized carbons (Fsp3) is 0.458. The number of H-pyrrole nitrogens is 1. The zero-order valence-electron chi connectivity index (χ0n) is 20.7. The number of imidazole rings is 2. The summed E-state index contributed by atoms with van der Waals surface area (Å²) < 4.78 is 3.74. The van der Waals surface area contributed by atoms with E-state index in [4.69, 9.17) is 11.6 Å². The van der Waals surface area contributed by atoms with Crippen molar-refractivity contribution < 1.29 is 15.0 Å². The van der Waals surface area contributed by atoms with Crippen molar-refractivity contribution in [1.29, 1.82) is 0 Å². The van der Waals surface area contributed by atoms with Gasteiger partial charge >= 0.3 is 5.69 Å². The number of aliphatic hydroxyl groups excluding tert-OH is 1. The number of β-amino-alcohol motifs (C(OH)–C–C–N with tert-alkyl or cyclic N) is 2. The van der Waals surface area contributed by atoms with E-state index in [0.29, 0.717) is 17.3 Å². The summed E-state index contributed by atoms with van der Waals surface area (Å²) in [5.74, 6) is 0.393. The maximum atomic E-state index is 13.1. The second kappa shape index (κ2) is 9.12. The molecule has 4 aromatic rings. The van der Waals surface area contributed by atoms with E-state index in [2.05, 4.69) is 15.0 Å². The molecule has 4 heterocycles. The van der Waals surface area contributed by atoms with Gasteiger partial charge in [-0.15, -0.1) is 0 Å². The molecule has 1 amide bonds. The second-order valence-electron chi connectivity index (χ2n) is 9.91. The average Bonchev–Trinajstić information content (AvgIpc) is 3.43. The Balaban J connectivity index is 1.39. The quantitative estimate of drug-likeness (QED) is 0.348. The predicted molar refractivity (Wildman–Crippen MR) is 137 cm³/mol. The van der Waals surface area contributed by atoms with Gasteiger partial charge in [0.15, 0.2) is 11.2 Å². The number of nitrogens with zero attached hydrogens (tertiary/aromatic N) is 6. The van der Waals surface area contributed by atoms with E-state index in [1.54, 1.807) is 25.1 Å². The highest BCUT2D eigenvalue weighted by Gasteiger charge is 2.42. The third-order valence-electron chi connectivity index (χ3n) is 7.09. The van der Waals surface area contributed by atoms with E-state index in [0.717, 1.165) is 15.6 Å². The highest BCUT2D eigenvalue weighted by molar-refractivity contribution is 6.31. The number of aliphatic hydroxyl groups is 2. The fourth-order valence-electron chi connectivity index (χ4n) is 5.14. The molecular weight excluding hydrogens is 502 g/mol. The van der Waals surface area contributed by atoms with Crippen LogP contribution in [-0.4, -0.2) is 74.5 Å². The zero-order valence-corrected chi connectivity index (χ0v) is 21.4. The van der Waals surface area contributed by atoms with E-state index >= 15 is 0 Å². The van der Waals surface area contributed by atoms with Crippen LogP contribution in [0.25, 0.3) is 22.2 Å². The van der Waals surface area contributed by atoms with E-state index in [1.807, 2.05) is 0 Å². The highest BCUT2D eigenvalue weighted by Crippen LogP contribution is 2.33. The Morgan fingerprint density at radius 2 is 2.03 bits per heavy atom. The molecule has 12 nitrogen and oxygen atoms in total. The number of nitrogens with one attached hydrogen (secondary N) is 1. The summed E-state index contributed by atoms with van der Waals surface area (Å²) in [4.78, 5) is 51.7. The molecule has 3 aromatic heterocycles. The van der Waals surface area contributed by atoms with E-state index in [9.17, 15) is 24.6 Å². The number of aryl methyl sites for hydroxylation is 2. The third-order valence-corrected chi connectivity index (χ3v) is 7.32. The lowest BCUT2D eigenvalue weighted by Crippen LogP contribution is -2.47. The highest BCUT2D eigenvalue weighted by atomic mass is 35.5. The number of amides is 1. The number of benzene rings is 1. The molecule has 3 atom stereocenters. The standard InChI is InChI=1S/C24H28ClN7O5/c1-24(37)11-31(19(34)7-6-18-27-15-5-4-13(25)8-16(15)28-18)10-14(33)9-17(24)32-12-26-21-20(32)22(35)30(3)23(36)29(21)2/h4-5,8,12,14,17,33,37H,6-7,9-11H2,1-3H3,(H,27,28)/t14-,17-,24-/m1/s1. The molecule has 3 N–H and O–H groups in total. The number of fused-ring (bicyclic) bond motifs is 2. The van der Waals surface area contributed by atoms with Crippen LogP contribution in [0.2, 0.25) is 5.02 Å². The number of aromatic amines is 1. The molecule has 0 bridgehead atoms. The maximum absolute atomic E-state index is 13.1. The molecule has 1 aliphatic heterocycles. The molecule has 196 valence electrons. The number of hydrogen-bond acceptors (Lipinski definition) is 7. The minimum atomic E-state index is -1.50. The second-order valence-corrected chi connectivity index (χ2v) is 10.3. The van der Waals surface area contributed by atoms with Crippen LogP contribution in [0.15, 0.2) is 34.1 Å². The van der Waals surface area contributed by atoms with Gasteiger partial charge in [-0.25, -0.2) is 14.8 Å². The van der Waals surface area contributed by atoms with Crippen molar-refractivity contribution in [3.8, 4) is 0 Å². The van der Waals surface area contributed by atoms with Crippen LogP contribution in [0.4, 0.5) is 0 Å². The lowest BCUT2D eigenvalue weighted by Gasteiger charge is -2.34. The van der Waals surface area contributed by atoms with Crippen LogP contribution in [0, 0.1) is 0 Å². The zero-order chi connectivity index (χ0) is 26.6. The van der Waals surface area contributed by atoms with Crippen LogP contribution >= 0.6 is 11.6 Å². The van der Waals surface area contributed by atoms with Gasteiger partial charge in [-0.3, -0.25) is 18.7 Å². The Morgan fingerprint density at radius 1 is 1.27 bits per heavy atom. The van der Waals surface area contributed by atoms with Crippen molar-refractivity contribution in [3.63, 3.8) is 0 Å². The Hall–Kier alpha value is -3.48. The van der Waals surface area contributed by atoms with Gasteiger partial charge in [0.2, 0.25) is 5.91 Å². The van der Waals surface area contributed by atoms with Gasteiger partial charge in [0.05, 0.1) is 36.1 Å². The van der Waals surface area contributed by atoms with Gasteiger partial charge in [0, 0.05) is 38.5 Å². The number of halogens is 1. The Bertz CT molecular complexity index is 1630. The summed E-state index contributed by atoms with van der Waals surface area (Å²) in [6.07, 6.45) is 0.989. The third kappa shape index (κ3) is 4.45. The van der Waals surface area contributed by atoms with Gasteiger partial charge in [0.25, 0.3) is 5.56 Å². The summed E-state index contributed by atoms with van der Waals surface area (Å²) in [7, 11) is 2.89. The van der Waals surface area contributed by atoms with Crippen molar-refractivity contribution in [2.75, 3.05) is 13.1 Å². The van der Waals surface area contributed by atoms with E-state index < -0.39 is 29.0 Å². The minimum absolute atomic E-state index is 0.0321. The molecule has 1 fully saturated rings. The molecule has 0 unspecified atom stereocenters. The Morgan fingerprint density at radius 3 is 2.78 bits per heavy atom. The number of rotatable bonds is 4. The number of aromatic nitrogens is 6. The lowest BCUT2D eigenvalue weighted by molar-refractivity contribution is -0.135. The van der Waals surface area contributed by atoms with Gasteiger partial charge in [-0.2, -0.15) is 0 Å². The van der Waals surface area contributed by atoms with Crippen molar-refractivity contribution in [2.45, 2.75) is 43.9 Å². The molecule has 0 aliphatic carbocycles. The molecule has 37 heavy (non-hydrogen) atoms. The van der Waals surface area contributed by atoms with Crippen molar-refractivity contribution in [1.82, 2.24) is 33.6 Å². The first-order valence-corrected chi connectivity index (χ1v) is 12.3. The fourth-order valence-corrected chi connectivity index (χ4v) is 5.31. The molecular formula is C24H28ClN7O5. The largest absolute Gasteiger partial charge is 0.391 e. The molecule has 0 spiro atoms.